The molecule has 38 heavy (non-hydrogen) atoms. The van der Waals surface area contributed by atoms with Crippen LogP contribution in [-0.4, -0.2) is 51.5 Å². The molecule has 202 valence electrons. The van der Waals surface area contributed by atoms with Crippen LogP contribution in [0.15, 0.2) is 81.2 Å². The lowest BCUT2D eigenvalue weighted by Gasteiger charge is -2.12. The van der Waals surface area contributed by atoms with Crippen LogP contribution in [0.25, 0.3) is 22.8 Å². The number of benzene rings is 1. The average molecular weight is 526 g/mol. The largest absolute Gasteiger partial charge is 0.492 e. The van der Waals surface area contributed by atoms with Gasteiger partial charge in [-0.2, -0.15) is 15.2 Å². The fourth-order valence-electron chi connectivity index (χ4n) is 3.14. The zero-order chi connectivity index (χ0) is 28.1. The number of hydrogen-bond acceptors (Lipinski definition) is 7. The quantitative estimate of drug-likeness (QED) is 0.0941. The van der Waals surface area contributed by atoms with Gasteiger partial charge >= 0.3 is 0 Å². The number of aryl methyl sites for hydroxylation is 1. The highest BCUT2D eigenvalue weighted by Gasteiger charge is 2.18. The second-order valence-electron chi connectivity index (χ2n) is 7.60. The predicted octanol–water partition coefficient (Wildman–Crippen LogP) is 6.04. The lowest BCUT2D eigenvalue weighted by Crippen LogP contribution is -2.13. The molecule has 2 aromatic heterocycles. The third-order valence-corrected chi connectivity index (χ3v) is 5.14. The number of aromatic nitrogens is 4. The van der Waals surface area contributed by atoms with Gasteiger partial charge in [0.1, 0.15) is 12.9 Å². The molecule has 11 heteroatoms. The van der Waals surface area contributed by atoms with Crippen LogP contribution >= 0.6 is 0 Å². The molecule has 0 saturated heterocycles. The van der Waals surface area contributed by atoms with E-state index in [1.54, 1.807) is 43.2 Å². The molecule has 0 unspecified atom stereocenters. The second-order valence-corrected chi connectivity index (χ2v) is 7.60. The Labute approximate surface area is 221 Å². The molecule has 9 nitrogen and oxygen atoms in total. The Morgan fingerprint density at radius 1 is 1.24 bits per heavy atom. The topological polar surface area (TPSA) is 93.9 Å². The summed E-state index contributed by atoms with van der Waals surface area (Å²) in [6.45, 7) is 13.2. The third-order valence-electron chi connectivity index (χ3n) is 5.14. The van der Waals surface area contributed by atoms with Crippen LogP contribution in [0.1, 0.15) is 32.0 Å². The van der Waals surface area contributed by atoms with Crippen molar-refractivity contribution in [2.75, 3.05) is 7.05 Å². The van der Waals surface area contributed by atoms with Crippen molar-refractivity contribution in [2.45, 2.75) is 40.3 Å². The smallest absolute Gasteiger partial charge is 0.263 e. The van der Waals surface area contributed by atoms with Crippen molar-refractivity contribution >= 4 is 13.1 Å². The zero-order valence-corrected chi connectivity index (χ0v) is 22.3. The van der Waals surface area contributed by atoms with Crippen LogP contribution in [0.3, 0.4) is 0 Å². The fourth-order valence-corrected chi connectivity index (χ4v) is 3.14. The van der Waals surface area contributed by atoms with Crippen molar-refractivity contribution in [1.29, 1.82) is 0 Å². The fraction of sp³-hybridized carbons (Fsp3) is 0.296. The maximum atomic E-state index is 12.8. The number of alkyl halides is 2. The molecule has 0 radical (unpaired) electrons. The van der Waals surface area contributed by atoms with E-state index in [0.29, 0.717) is 29.4 Å². The molecule has 0 N–H and O–H groups in total. The van der Waals surface area contributed by atoms with Gasteiger partial charge in [-0.25, -0.2) is 8.78 Å². The Bertz CT molecular complexity index is 1270. The molecular weight excluding hydrogens is 492 g/mol. The molecule has 0 amide bonds. The van der Waals surface area contributed by atoms with Crippen molar-refractivity contribution < 1.29 is 18.0 Å². The van der Waals surface area contributed by atoms with E-state index < -0.39 is 6.43 Å². The molecule has 0 aliphatic heterocycles. The standard InChI is InChI=1S/C25H27F2N7O2.C2H6/c1-6-19(23(26)27)10-7-17(2)35-15-22-21(13-30-33(22)5)25-31-24(32-36-25)20-11-8-18(9-12-20)14-34(29-4)16-28-3;1-2/h6-13,16,23H,1,4,14-15H2,2-3,5H3;1-2H3/b17-7+,19-10+,28-16?;. The lowest BCUT2D eigenvalue weighted by molar-refractivity contribution is 0.191. The molecule has 0 saturated carbocycles. The Hall–Kier alpha value is -4.41. The number of hydrazone groups is 1. The first-order valence-corrected chi connectivity index (χ1v) is 11.9. The van der Waals surface area contributed by atoms with Gasteiger partial charge in [-0.3, -0.25) is 14.7 Å². The number of rotatable bonds is 12. The van der Waals surface area contributed by atoms with E-state index in [1.165, 1.54) is 12.2 Å². The Morgan fingerprint density at radius 2 is 1.95 bits per heavy atom. The number of halogens is 2. The molecule has 3 aromatic rings. The van der Waals surface area contributed by atoms with E-state index in [4.69, 9.17) is 9.26 Å². The van der Waals surface area contributed by atoms with Crippen molar-refractivity contribution in [3.05, 3.63) is 77.9 Å². The number of ether oxygens (including phenoxy) is 1. The van der Waals surface area contributed by atoms with E-state index in [-0.39, 0.29) is 18.1 Å². The molecule has 3 rings (SSSR count). The summed E-state index contributed by atoms with van der Waals surface area (Å²) in [6, 6.07) is 7.65. The minimum Gasteiger partial charge on any atom is -0.492 e. The second kappa shape index (κ2) is 15.0. The maximum Gasteiger partial charge on any atom is 0.263 e. The Kier molecular flexibility index (Phi) is 11.8. The molecular formula is C27H33F2N7O2. The summed E-state index contributed by atoms with van der Waals surface area (Å²) in [6.07, 6.45) is 4.45. The molecule has 0 aliphatic rings. The first kappa shape index (κ1) is 29.8. The van der Waals surface area contributed by atoms with Crippen LogP contribution < -0.4 is 0 Å². The first-order valence-electron chi connectivity index (χ1n) is 11.9. The summed E-state index contributed by atoms with van der Waals surface area (Å²) in [7, 11) is 3.42. The van der Waals surface area contributed by atoms with Gasteiger partial charge in [0.2, 0.25) is 5.82 Å². The van der Waals surface area contributed by atoms with Crippen molar-refractivity contribution in [3.8, 4) is 22.8 Å². The highest BCUT2D eigenvalue weighted by atomic mass is 19.3. The van der Waals surface area contributed by atoms with Crippen LogP contribution in [-0.2, 0) is 24.9 Å². The van der Waals surface area contributed by atoms with Gasteiger partial charge in [-0.05, 0) is 18.6 Å². The Morgan fingerprint density at radius 3 is 2.55 bits per heavy atom. The molecule has 0 aliphatic carbocycles. The average Bonchev–Trinajstić information content (AvgIpc) is 3.55. The molecule has 0 spiro atoms. The van der Waals surface area contributed by atoms with Gasteiger partial charge in [0.15, 0.2) is 0 Å². The normalized spacial score (nSPS) is 11.9. The highest BCUT2D eigenvalue weighted by Crippen LogP contribution is 2.26. The van der Waals surface area contributed by atoms with Crippen LogP contribution in [0.5, 0.6) is 0 Å². The van der Waals surface area contributed by atoms with Crippen LogP contribution in [0.4, 0.5) is 8.78 Å². The summed E-state index contributed by atoms with van der Waals surface area (Å²) in [5.74, 6) is 1.16. The number of aliphatic imine (C=N–C) groups is 1. The lowest BCUT2D eigenvalue weighted by atomic mass is 10.1. The van der Waals surface area contributed by atoms with Gasteiger partial charge in [-0.15, -0.1) is 0 Å². The SMILES string of the molecule is C=C/C(=C\C=C(/C)OCc1c(-c2nc(-c3ccc(CN(C=NC)N=C)cc3)no2)cnn1C)C(F)F.CC. The summed E-state index contributed by atoms with van der Waals surface area (Å²) >= 11 is 0. The van der Waals surface area contributed by atoms with Gasteiger partial charge in [-0.1, -0.05) is 62.0 Å². The van der Waals surface area contributed by atoms with Crippen molar-refractivity contribution in [2.24, 2.45) is 17.1 Å². The monoisotopic (exact) mass is 525 g/mol. The zero-order valence-electron chi connectivity index (χ0n) is 22.3. The Balaban J connectivity index is 0.00000247. The molecule has 1 aromatic carbocycles. The minimum absolute atomic E-state index is 0.126. The summed E-state index contributed by atoms with van der Waals surface area (Å²) < 4.78 is 38.5. The van der Waals surface area contributed by atoms with E-state index >= 15 is 0 Å². The van der Waals surface area contributed by atoms with E-state index in [9.17, 15) is 8.78 Å². The number of allylic oxidation sites excluding steroid dienone is 5. The first-order chi connectivity index (χ1) is 18.4. The molecule has 2 heterocycles. The van der Waals surface area contributed by atoms with Gasteiger partial charge < -0.3 is 9.26 Å². The summed E-state index contributed by atoms with van der Waals surface area (Å²) in [5.41, 5.74) is 2.90. The molecule has 0 bridgehead atoms. The summed E-state index contributed by atoms with van der Waals surface area (Å²) in [4.78, 5) is 8.45. The van der Waals surface area contributed by atoms with E-state index in [0.717, 1.165) is 17.2 Å². The number of hydrogen-bond donors (Lipinski definition) is 0. The number of nitrogens with zero attached hydrogens (tertiary/aromatic N) is 7. The van der Waals surface area contributed by atoms with Crippen LogP contribution in [0.2, 0.25) is 0 Å². The molecule has 0 atom stereocenters. The van der Waals surface area contributed by atoms with Crippen LogP contribution in [0, 0.1) is 0 Å². The van der Waals surface area contributed by atoms with Gasteiger partial charge in [0.25, 0.3) is 12.3 Å². The van der Waals surface area contributed by atoms with E-state index in [2.05, 4.69) is 38.6 Å². The van der Waals surface area contributed by atoms with E-state index in [1.807, 2.05) is 38.1 Å². The van der Waals surface area contributed by atoms with Crippen molar-refractivity contribution in [1.82, 2.24) is 24.9 Å². The third kappa shape index (κ3) is 8.05. The summed E-state index contributed by atoms with van der Waals surface area (Å²) in [5, 5.41) is 13.9. The van der Waals surface area contributed by atoms with Crippen molar-refractivity contribution in [3.63, 3.8) is 0 Å². The minimum atomic E-state index is -2.60. The van der Waals surface area contributed by atoms with Gasteiger partial charge in [0.05, 0.1) is 29.8 Å². The highest BCUT2D eigenvalue weighted by molar-refractivity contribution is 5.61. The predicted molar refractivity (Wildman–Crippen MR) is 146 cm³/mol. The van der Waals surface area contributed by atoms with Gasteiger partial charge in [0, 0.05) is 31.9 Å². The molecule has 0 fully saturated rings. The maximum absolute atomic E-state index is 12.8.